The van der Waals surface area contributed by atoms with Crippen molar-refractivity contribution in [1.82, 2.24) is 9.88 Å². The maximum atomic E-state index is 14.3. The van der Waals surface area contributed by atoms with Gasteiger partial charge in [-0.3, -0.25) is 14.6 Å². The number of amides is 1. The lowest BCUT2D eigenvalue weighted by Gasteiger charge is -2.36. The molecular weight excluding hydrogens is 584 g/mol. The first-order chi connectivity index (χ1) is 22.3. The summed E-state index contributed by atoms with van der Waals surface area (Å²) in [4.78, 5) is 33.4. The molecule has 0 saturated carbocycles. The number of aromatic nitrogens is 1. The summed E-state index contributed by atoms with van der Waals surface area (Å²) in [5, 5.41) is 1.72. The molecule has 1 atom stereocenters. The Morgan fingerprint density at radius 2 is 1.38 bits per heavy atom. The Labute approximate surface area is 278 Å². The van der Waals surface area contributed by atoms with Crippen LogP contribution in [0, 0.1) is 5.41 Å². The lowest BCUT2D eigenvalue weighted by Crippen LogP contribution is -2.41. The predicted octanol–water partition coefficient (Wildman–Crippen LogP) is 9.78. The van der Waals surface area contributed by atoms with Crippen LogP contribution >= 0.6 is 0 Å². The van der Waals surface area contributed by atoms with Crippen molar-refractivity contribution in [2.75, 3.05) is 13.7 Å². The number of methoxy groups -OCH3 is 1. The number of hydrogen-bond donors (Lipinski definition) is 0. The third-order valence-electron chi connectivity index (χ3n) is 8.14. The minimum atomic E-state index is -0.544. The third kappa shape index (κ3) is 8.44. The number of nitrogens with zero attached hydrogens (tertiary/aromatic N) is 2. The fourth-order valence-corrected chi connectivity index (χ4v) is 5.62. The van der Waals surface area contributed by atoms with E-state index in [1.165, 1.54) is 12.7 Å². The number of rotatable bonds is 9. The van der Waals surface area contributed by atoms with E-state index in [0.717, 1.165) is 33.2 Å². The number of esters is 1. The van der Waals surface area contributed by atoms with Crippen LogP contribution in [0.15, 0.2) is 109 Å². The molecule has 0 aliphatic rings. The summed E-state index contributed by atoms with van der Waals surface area (Å²) in [6.45, 7) is 13.2. The topological polar surface area (TPSA) is 68.7 Å². The minimum Gasteiger partial charge on any atom is -0.469 e. The van der Waals surface area contributed by atoms with Crippen LogP contribution < -0.4 is 4.74 Å². The van der Waals surface area contributed by atoms with Crippen LogP contribution in [0.4, 0.5) is 0 Å². The quantitative estimate of drug-likeness (QED) is 0.152. The van der Waals surface area contributed by atoms with E-state index in [1.807, 2.05) is 78.9 Å². The smallest absolute Gasteiger partial charge is 0.307 e. The molecular formula is C41H44N2O4. The van der Waals surface area contributed by atoms with Crippen LogP contribution in [0.1, 0.15) is 75.6 Å². The molecule has 5 aromatic rings. The van der Waals surface area contributed by atoms with Crippen molar-refractivity contribution in [1.29, 1.82) is 0 Å². The number of carbonyl (C=O) groups excluding carboxylic acids is 2. The van der Waals surface area contributed by atoms with Gasteiger partial charge in [0, 0.05) is 18.1 Å². The lowest BCUT2D eigenvalue weighted by atomic mass is 9.87. The summed E-state index contributed by atoms with van der Waals surface area (Å²) in [7, 11) is 1.37. The molecule has 4 aromatic carbocycles. The molecule has 0 aliphatic heterocycles. The number of ether oxygens (including phenoxy) is 2. The second-order valence-corrected chi connectivity index (χ2v) is 14.2. The summed E-state index contributed by atoms with van der Waals surface area (Å²) < 4.78 is 11.2. The molecule has 0 spiro atoms. The highest BCUT2D eigenvalue weighted by Gasteiger charge is 2.32. The second-order valence-electron chi connectivity index (χ2n) is 14.2. The number of fused-ring (bicyclic) bond motifs is 1. The molecule has 0 aliphatic carbocycles. The largest absolute Gasteiger partial charge is 0.469 e. The van der Waals surface area contributed by atoms with Crippen molar-refractivity contribution in [3.05, 3.63) is 126 Å². The monoisotopic (exact) mass is 628 g/mol. The van der Waals surface area contributed by atoms with Crippen molar-refractivity contribution < 1.29 is 19.1 Å². The molecule has 1 heterocycles. The summed E-state index contributed by atoms with van der Waals surface area (Å²) in [6.07, 6.45) is 1.73. The molecule has 0 fully saturated rings. The Morgan fingerprint density at radius 3 is 2.00 bits per heavy atom. The number of carbonyl (C=O) groups is 2. The maximum absolute atomic E-state index is 14.3. The number of pyridine rings is 1. The maximum Gasteiger partial charge on any atom is 0.307 e. The SMILES string of the molecule is COC(=O)CC(c1ccc(-c2ccccc2)cc1)N(CC(C)(C)C)C(=O)c1cc2ccc(Oc3ccc(C(C)(C)C)cc3)cc2cn1. The van der Waals surface area contributed by atoms with Crippen LogP contribution in [0.25, 0.3) is 21.9 Å². The van der Waals surface area contributed by atoms with Crippen molar-refractivity contribution in [3.63, 3.8) is 0 Å². The van der Waals surface area contributed by atoms with E-state index in [9.17, 15) is 9.59 Å². The van der Waals surface area contributed by atoms with E-state index in [1.54, 1.807) is 11.1 Å². The highest BCUT2D eigenvalue weighted by molar-refractivity contribution is 5.97. The summed E-state index contributed by atoms with van der Waals surface area (Å²) in [5.74, 6) is 0.805. The first-order valence-electron chi connectivity index (χ1n) is 16.0. The van der Waals surface area contributed by atoms with Gasteiger partial charge < -0.3 is 14.4 Å². The van der Waals surface area contributed by atoms with Gasteiger partial charge in [-0.2, -0.15) is 0 Å². The summed E-state index contributed by atoms with van der Waals surface area (Å²) >= 11 is 0. The third-order valence-corrected chi connectivity index (χ3v) is 8.14. The molecule has 6 nitrogen and oxygen atoms in total. The van der Waals surface area contributed by atoms with Gasteiger partial charge in [-0.05, 0) is 68.8 Å². The van der Waals surface area contributed by atoms with Crippen LogP contribution in [-0.2, 0) is 14.9 Å². The predicted molar refractivity (Wildman–Crippen MR) is 189 cm³/mol. The van der Waals surface area contributed by atoms with Crippen LogP contribution in [0.2, 0.25) is 0 Å². The van der Waals surface area contributed by atoms with Crippen molar-refractivity contribution >= 4 is 22.6 Å². The molecule has 47 heavy (non-hydrogen) atoms. The first kappa shape index (κ1) is 33.4. The number of hydrogen-bond acceptors (Lipinski definition) is 5. The van der Waals surface area contributed by atoms with Crippen molar-refractivity contribution in [2.45, 2.75) is 59.4 Å². The Kier molecular flexibility index (Phi) is 9.80. The van der Waals surface area contributed by atoms with Gasteiger partial charge in [0.05, 0.1) is 19.6 Å². The van der Waals surface area contributed by atoms with E-state index in [0.29, 0.717) is 18.0 Å². The molecule has 5 rings (SSSR count). The van der Waals surface area contributed by atoms with Gasteiger partial charge in [0.2, 0.25) is 0 Å². The van der Waals surface area contributed by atoms with Gasteiger partial charge in [0.1, 0.15) is 17.2 Å². The highest BCUT2D eigenvalue weighted by Crippen LogP contribution is 2.33. The van der Waals surface area contributed by atoms with Crippen LogP contribution in [0.3, 0.4) is 0 Å². The lowest BCUT2D eigenvalue weighted by molar-refractivity contribution is -0.142. The zero-order valence-electron chi connectivity index (χ0n) is 28.4. The van der Waals surface area contributed by atoms with Gasteiger partial charge in [-0.25, -0.2) is 0 Å². The van der Waals surface area contributed by atoms with Gasteiger partial charge >= 0.3 is 5.97 Å². The zero-order valence-corrected chi connectivity index (χ0v) is 28.4. The minimum absolute atomic E-state index is 0.0218. The average molecular weight is 629 g/mol. The normalized spacial score (nSPS) is 12.4. The zero-order chi connectivity index (χ0) is 33.8. The molecule has 0 bridgehead atoms. The highest BCUT2D eigenvalue weighted by atomic mass is 16.5. The number of benzene rings is 4. The molecule has 0 saturated heterocycles. The first-order valence-corrected chi connectivity index (χ1v) is 16.0. The van der Waals surface area contributed by atoms with E-state index in [4.69, 9.17) is 9.47 Å². The van der Waals surface area contributed by atoms with Gasteiger partial charge in [-0.1, -0.05) is 114 Å². The van der Waals surface area contributed by atoms with Crippen molar-refractivity contribution in [2.24, 2.45) is 5.41 Å². The Hall–Kier alpha value is -4.97. The average Bonchev–Trinajstić information content (AvgIpc) is 3.05. The molecule has 1 amide bonds. The Balaban J connectivity index is 1.44. The summed E-state index contributed by atoms with van der Waals surface area (Å²) in [6, 6.07) is 33.3. The van der Waals surface area contributed by atoms with E-state index < -0.39 is 6.04 Å². The Morgan fingerprint density at radius 1 is 0.745 bits per heavy atom. The van der Waals surface area contributed by atoms with Gasteiger partial charge in [0.15, 0.2) is 0 Å². The van der Waals surface area contributed by atoms with E-state index >= 15 is 0 Å². The molecule has 0 N–H and O–H groups in total. The standard InChI is InChI=1S/C41H44N2O4/c1-40(2,3)27-43(37(25-38(44)46-7)30-15-13-29(14-16-30)28-11-9-8-10-12-28)39(45)36-24-31-17-20-35(23-32(31)26-42-36)47-34-21-18-33(19-22-34)41(4,5)6/h8-24,26,37H,25,27H2,1-7H3. The fourth-order valence-electron chi connectivity index (χ4n) is 5.62. The fraction of sp³-hybridized carbons (Fsp3) is 0.293. The summed E-state index contributed by atoms with van der Waals surface area (Å²) in [5.41, 5.74) is 4.37. The molecule has 6 heteroatoms. The van der Waals surface area contributed by atoms with E-state index in [2.05, 4.69) is 70.8 Å². The molecule has 0 radical (unpaired) electrons. The molecule has 1 unspecified atom stereocenters. The van der Waals surface area contributed by atoms with E-state index in [-0.39, 0.29) is 29.1 Å². The van der Waals surface area contributed by atoms with Gasteiger partial charge in [0.25, 0.3) is 5.91 Å². The van der Waals surface area contributed by atoms with Crippen molar-refractivity contribution in [3.8, 4) is 22.6 Å². The second kappa shape index (κ2) is 13.8. The van der Waals surface area contributed by atoms with Crippen LogP contribution in [0.5, 0.6) is 11.5 Å². The van der Waals surface area contributed by atoms with Gasteiger partial charge in [-0.15, -0.1) is 0 Å². The molecule has 1 aromatic heterocycles. The molecule has 242 valence electrons. The van der Waals surface area contributed by atoms with Crippen LogP contribution in [-0.4, -0.2) is 35.4 Å². The Bertz CT molecular complexity index is 1830.